The lowest BCUT2D eigenvalue weighted by Crippen LogP contribution is -2.25. The van der Waals surface area contributed by atoms with Crippen LogP contribution in [0.5, 0.6) is 0 Å². The van der Waals surface area contributed by atoms with Gasteiger partial charge < -0.3 is 74.9 Å². The Balaban J connectivity index is 0.000000151. The van der Waals surface area contributed by atoms with E-state index in [1.165, 1.54) is 31.8 Å². The minimum Gasteiger partial charge on any atom is -0.366 e. The second kappa shape index (κ2) is 38.8. The number of nitrogens with zero attached hydrogens (tertiary/aromatic N) is 11. The fourth-order valence-corrected chi connectivity index (χ4v) is 10.8. The molecule has 9 aromatic heterocycles. The number of hydrogen-bond donors (Lipinski definition) is 15. The number of aromatic amines is 1. The summed E-state index contributed by atoms with van der Waals surface area (Å²) in [5, 5.41) is 55.0. The van der Waals surface area contributed by atoms with Crippen LogP contribution in [0.3, 0.4) is 0 Å². The molecule has 578 valence electrons. The van der Waals surface area contributed by atoms with Gasteiger partial charge in [0.05, 0.1) is 73.2 Å². The number of amides is 6. The number of benzene rings is 4. The van der Waals surface area contributed by atoms with Gasteiger partial charge in [0, 0.05) is 143 Å². The molecule has 0 atom stereocenters. The predicted octanol–water partition coefficient (Wildman–Crippen LogP) is 12.9. The van der Waals surface area contributed by atoms with Crippen molar-refractivity contribution in [1.82, 2.24) is 81.6 Å². The molecule has 115 heavy (non-hydrogen) atoms. The standard InChI is InChI=1S/C23H24N6O2.C22H21N7O.C20H18N6O.C18H17N7O2/c1-14-6-9-20(25-12-14)29-21-11-19(18(13-26-21)23(31)24-2)27-17-5-3-4-15(10-17)22(30)28-16-7-8-16;1-14-7-8-20(24-12-14)28-21-11-19(16(13-25-21)22(30)23-2)27-17-6-4-3-5-15(17)18-9-10-26-29-18;1-13-7-8-18(23-11-13)26-19-9-17(15(12-24-19)20(27)22-2)25-16-6-4-3-5-14(16)10-21;1-20-17(27)12-10-23-15(25-18-21-7-4-8-22-18)9-14(12)24-13-6-3-2-5-11(13)16(19)26/h3-6,9-13,16H,7-8H2,1-2H3,(H,24,31)(H,28,30)(H2,25,26,27,29);3-13H,1-2H3,(H,23,30)(H,26,29)(H2,24,25,27,28);3-9,11-12H,1-2H3,(H,22,27)(H2,23,24,25,26);2-10H,1H3,(H2,19,26)(H,20,27)(H2,21,22,23,24,25). The number of carbonyl (C=O) groups excluding carboxylic acids is 6. The molecule has 0 radical (unpaired) electrons. The van der Waals surface area contributed by atoms with Crippen molar-refractivity contribution in [3.8, 4) is 17.3 Å². The number of carbonyl (C=O) groups is 6. The lowest BCUT2D eigenvalue weighted by Gasteiger charge is -2.15. The Labute approximate surface area is 661 Å². The van der Waals surface area contributed by atoms with Gasteiger partial charge in [-0.1, -0.05) is 66.7 Å². The second-order valence-corrected chi connectivity index (χ2v) is 25.4. The van der Waals surface area contributed by atoms with E-state index in [1.54, 1.807) is 149 Å². The highest BCUT2D eigenvalue weighted by Gasteiger charge is 2.25. The molecule has 4 aromatic carbocycles. The van der Waals surface area contributed by atoms with Crippen LogP contribution in [0, 0.1) is 32.1 Å². The van der Waals surface area contributed by atoms with Crippen LogP contribution in [0.25, 0.3) is 11.3 Å². The van der Waals surface area contributed by atoms with Crippen molar-refractivity contribution in [3.63, 3.8) is 0 Å². The first-order valence-corrected chi connectivity index (χ1v) is 35.8. The molecule has 1 aliphatic carbocycles. The molecule has 13 aromatic rings. The van der Waals surface area contributed by atoms with Gasteiger partial charge in [-0.05, 0) is 129 Å². The molecule has 0 spiro atoms. The second-order valence-electron chi connectivity index (χ2n) is 25.4. The van der Waals surface area contributed by atoms with Gasteiger partial charge in [0.25, 0.3) is 35.4 Å². The third-order valence-electron chi connectivity index (χ3n) is 16.9. The number of anilines is 16. The Bertz CT molecular complexity index is 5630. The summed E-state index contributed by atoms with van der Waals surface area (Å²) < 4.78 is 0. The largest absolute Gasteiger partial charge is 0.366 e. The summed E-state index contributed by atoms with van der Waals surface area (Å²) in [5.74, 6) is 2.60. The summed E-state index contributed by atoms with van der Waals surface area (Å²) >= 11 is 0. The fraction of sp³-hybridized carbons (Fsp3) is 0.120. The molecule has 0 aliphatic heterocycles. The Morgan fingerprint density at radius 2 is 0.809 bits per heavy atom. The summed E-state index contributed by atoms with van der Waals surface area (Å²) in [6, 6.07) is 53.1. The van der Waals surface area contributed by atoms with E-state index in [0.29, 0.717) is 125 Å². The molecule has 9 heterocycles. The zero-order chi connectivity index (χ0) is 81.2. The number of nitrogens with one attached hydrogen (secondary N) is 14. The minimum absolute atomic E-state index is 0.0970. The zero-order valence-electron chi connectivity index (χ0n) is 63.4. The van der Waals surface area contributed by atoms with Crippen molar-refractivity contribution in [1.29, 1.82) is 5.26 Å². The first-order valence-electron chi connectivity index (χ1n) is 35.8. The number of aromatic nitrogens is 11. The topological polar surface area (TPSA) is 453 Å². The van der Waals surface area contributed by atoms with Crippen LogP contribution in [-0.4, -0.2) is 125 Å². The average Bonchev–Trinajstić information content (AvgIpc) is 1.27. The smallest absolute Gasteiger partial charge is 0.254 e. The SMILES string of the molecule is CNC(=O)c1cnc(Nc2ccc(C)cn2)cc1Nc1cccc(C(=O)NC2CC2)c1.CNC(=O)c1cnc(Nc2ccc(C)cn2)cc1Nc1ccccc1-c1ccn[nH]1.CNC(=O)c1cnc(Nc2ccc(C)cn2)cc1Nc1ccccc1C#N.CNC(=O)c1cnc(Nc2ncccn2)cc1Nc1ccccc1C(N)=O. The molecule has 0 bridgehead atoms. The summed E-state index contributed by atoms with van der Waals surface area (Å²) in [4.78, 5) is 112. The lowest BCUT2D eigenvalue weighted by atomic mass is 10.1. The maximum Gasteiger partial charge on any atom is 0.254 e. The molecule has 1 aliphatic rings. The molecule has 32 heteroatoms. The Morgan fingerprint density at radius 3 is 1.25 bits per heavy atom. The normalized spacial score (nSPS) is 10.9. The number of rotatable bonds is 24. The van der Waals surface area contributed by atoms with Crippen molar-refractivity contribution >= 4 is 128 Å². The van der Waals surface area contributed by atoms with Crippen molar-refractivity contribution in [3.05, 3.63) is 287 Å². The summed E-state index contributed by atoms with van der Waals surface area (Å²) in [6.07, 6.45) is 18.2. The molecule has 1 fully saturated rings. The molecule has 6 amide bonds. The predicted molar refractivity (Wildman–Crippen MR) is 443 cm³/mol. The molecule has 0 saturated heterocycles. The average molecular weight is 1540 g/mol. The fourth-order valence-electron chi connectivity index (χ4n) is 10.8. The maximum absolute atomic E-state index is 12.4. The molecule has 0 unspecified atom stereocenters. The van der Waals surface area contributed by atoms with E-state index < -0.39 is 5.91 Å². The van der Waals surface area contributed by atoms with Crippen molar-refractivity contribution in [2.45, 2.75) is 39.7 Å². The van der Waals surface area contributed by atoms with Crippen LogP contribution in [0.15, 0.2) is 232 Å². The van der Waals surface area contributed by atoms with E-state index in [-0.39, 0.29) is 35.6 Å². The summed E-state index contributed by atoms with van der Waals surface area (Å²) in [7, 11) is 6.23. The maximum atomic E-state index is 12.4. The number of hydrogen-bond acceptors (Lipinski definition) is 25. The molecule has 16 N–H and O–H groups in total. The van der Waals surface area contributed by atoms with Crippen LogP contribution in [-0.2, 0) is 0 Å². The van der Waals surface area contributed by atoms with Crippen LogP contribution in [0.4, 0.5) is 92.2 Å². The van der Waals surface area contributed by atoms with Gasteiger partial charge in [-0.3, -0.25) is 33.9 Å². The third-order valence-corrected chi connectivity index (χ3v) is 16.9. The van der Waals surface area contributed by atoms with Gasteiger partial charge in [0.2, 0.25) is 5.95 Å². The van der Waals surface area contributed by atoms with Gasteiger partial charge in [-0.15, -0.1) is 0 Å². The molecule has 32 nitrogen and oxygen atoms in total. The van der Waals surface area contributed by atoms with Gasteiger partial charge in [0.1, 0.15) is 46.8 Å². The van der Waals surface area contributed by atoms with E-state index in [9.17, 15) is 34.0 Å². The Hall–Kier alpha value is -16.1. The monoisotopic (exact) mass is 1540 g/mol. The highest BCUT2D eigenvalue weighted by Crippen LogP contribution is 2.34. The molecule has 14 rings (SSSR count). The number of para-hydroxylation sites is 3. The van der Waals surface area contributed by atoms with Crippen molar-refractivity contribution < 1.29 is 28.8 Å². The quantitative estimate of drug-likeness (QED) is 0.0267. The first-order chi connectivity index (χ1) is 55.8. The zero-order valence-corrected chi connectivity index (χ0v) is 63.4. The highest BCUT2D eigenvalue weighted by atomic mass is 16.2. The summed E-state index contributed by atoms with van der Waals surface area (Å²) in [5.41, 5.74) is 18.0. The van der Waals surface area contributed by atoms with Crippen LogP contribution in [0.2, 0.25) is 0 Å². The van der Waals surface area contributed by atoms with Gasteiger partial charge in [-0.25, -0.2) is 44.9 Å². The number of H-pyrrole nitrogens is 1. The van der Waals surface area contributed by atoms with E-state index in [0.717, 1.165) is 46.5 Å². The lowest BCUT2D eigenvalue weighted by molar-refractivity contribution is 0.0944. The molecular weight excluding hydrogens is 1460 g/mol. The minimum atomic E-state index is -0.579. The number of nitriles is 1. The van der Waals surface area contributed by atoms with E-state index in [4.69, 9.17) is 5.73 Å². The third kappa shape index (κ3) is 22.3. The number of nitrogens with two attached hydrogens (primary N) is 1. The Morgan fingerprint density at radius 1 is 0.383 bits per heavy atom. The van der Waals surface area contributed by atoms with Crippen LogP contribution < -0.4 is 74.9 Å². The van der Waals surface area contributed by atoms with Crippen molar-refractivity contribution in [2.24, 2.45) is 5.73 Å². The molecular formula is C83H80N26O6. The first kappa shape index (κ1) is 80.0. The number of aryl methyl sites for hydroxylation is 3. The summed E-state index contributed by atoms with van der Waals surface area (Å²) in [6.45, 7) is 5.91. The van der Waals surface area contributed by atoms with Crippen LogP contribution >= 0.6 is 0 Å². The van der Waals surface area contributed by atoms with Crippen molar-refractivity contribution in [2.75, 3.05) is 70.7 Å². The van der Waals surface area contributed by atoms with Gasteiger partial charge in [-0.2, -0.15) is 10.4 Å². The highest BCUT2D eigenvalue weighted by molar-refractivity contribution is 6.05. The van der Waals surface area contributed by atoms with Gasteiger partial charge in [0.15, 0.2) is 0 Å². The molecule has 1 saturated carbocycles. The van der Waals surface area contributed by atoms with E-state index in [1.807, 2.05) is 99.6 Å². The van der Waals surface area contributed by atoms with E-state index >= 15 is 0 Å². The van der Waals surface area contributed by atoms with Crippen LogP contribution in [0.1, 0.15) is 97.2 Å². The van der Waals surface area contributed by atoms with Gasteiger partial charge >= 0.3 is 0 Å². The Kier molecular flexibility index (Phi) is 27.0. The number of primary amides is 1. The van der Waals surface area contributed by atoms with E-state index in [2.05, 4.69) is 130 Å². The number of pyridine rings is 7.